The summed E-state index contributed by atoms with van der Waals surface area (Å²) in [5.74, 6) is 1.40. The SMILES string of the molecule is Cn1ncc2cnc(C3CCCNC3)nc21. The molecule has 2 aromatic rings. The van der Waals surface area contributed by atoms with Crippen molar-refractivity contribution >= 4 is 11.0 Å². The summed E-state index contributed by atoms with van der Waals surface area (Å²) >= 11 is 0. The zero-order chi connectivity index (χ0) is 11.0. The van der Waals surface area contributed by atoms with Crippen molar-refractivity contribution in [2.24, 2.45) is 7.05 Å². The molecular weight excluding hydrogens is 202 g/mol. The lowest BCUT2D eigenvalue weighted by molar-refractivity contribution is 0.447. The fourth-order valence-corrected chi connectivity index (χ4v) is 2.22. The van der Waals surface area contributed by atoms with Gasteiger partial charge in [0.25, 0.3) is 0 Å². The smallest absolute Gasteiger partial charge is 0.161 e. The molecule has 0 spiro atoms. The third-order valence-electron chi connectivity index (χ3n) is 3.15. The van der Waals surface area contributed by atoms with E-state index < -0.39 is 0 Å². The number of aromatic nitrogens is 4. The topological polar surface area (TPSA) is 55.6 Å². The van der Waals surface area contributed by atoms with Gasteiger partial charge in [-0.2, -0.15) is 5.10 Å². The number of aryl methyl sites for hydroxylation is 1. The quantitative estimate of drug-likeness (QED) is 0.768. The van der Waals surface area contributed by atoms with Crippen molar-refractivity contribution in [1.29, 1.82) is 0 Å². The van der Waals surface area contributed by atoms with Gasteiger partial charge < -0.3 is 5.32 Å². The highest BCUT2D eigenvalue weighted by atomic mass is 15.3. The number of hydrogen-bond acceptors (Lipinski definition) is 4. The van der Waals surface area contributed by atoms with E-state index in [0.29, 0.717) is 5.92 Å². The van der Waals surface area contributed by atoms with Crippen LogP contribution in [0.15, 0.2) is 12.4 Å². The van der Waals surface area contributed by atoms with Crippen LogP contribution in [0, 0.1) is 0 Å². The fourth-order valence-electron chi connectivity index (χ4n) is 2.22. The van der Waals surface area contributed by atoms with Crippen molar-refractivity contribution in [1.82, 2.24) is 25.1 Å². The molecule has 0 aromatic carbocycles. The van der Waals surface area contributed by atoms with Gasteiger partial charge in [0, 0.05) is 25.7 Å². The molecule has 84 valence electrons. The molecule has 1 saturated heterocycles. The van der Waals surface area contributed by atoms with Crippen LogP contribution < -0.4 is 5.32 Å². The van der Waals surface area contributed by atoms with Gasteiger partial charge in [0.2, 0.25) is 0 Å². The average Bonchev–Trinajstić information content (AvgIpc) is 2.72. The molecule has 5 heteroatoms. The largest absolute Gasteiger partial charge is 0.316 e. The first kappa shape index (κ1) is 9.72. The summed E-state index contributed by atoms with van der Waals surface area (Å²) in [5.41, 5.74) is 0.926. The second kappa shape index (κ2) is 3.83. The Hall–Kier alpha value is -1.49. The van der Waals surface area contributed by atoms with Crippen molar-refractivity contribution < 1.29 is 0 Å². The van der Waals surface area contributed by atoms with E-state index in [1.807, 2.05) is 13.2 Å². The Morgan fingerprint density at radius 1 is 1.44 bits per heavy atom. The van der Waals surface area contributed by atoms with Crippen molar-refractivity contribution in [3.63, 3.8) is 0 Å². The first-order valence-electron chi connectivity index (χ1n) is 5.70. The molecule has 0 radical (unpaired) electrons. The first-order valence-corrected chi connectivity index (χ1v) is 5.70. The molecule has 1 fully saturated rings. The maximum absolute atomic E-state index is 4.61. The van der Waals surface area contributed by atoms with Gasteiger partial charge in [-0.25, -0.2) is 9.97 Å². The van der Waals surface area contributed by atoms with E-state index in [1.54, 1.807) is 10.9 Å². The molecule has 1 unspecified atom stereocenters. The van der Waals surface area contributed by atoms with Crippen molar-refractivity contribution in [2.45, 2.75) is 18.8 Å². The number of piperidine rings is 1. The van der Waals surface area contributed by atoms with Crippen LogP contribution in [0.25, 0.3) is 11.0 Å². The number of hydrogen-bond donors (Lipinski definition) is 1. The highest BCUT2D eigenvalue weighted by Crippen LogP contribution is 2.21. The van der Waals surface area contributed by atoms with Crippen molar-refractivity contribution in [2.75, 3.05) is 13.1 Å². The summed E-state index contributed by atoms with van der Waals surface area (Å²) in [7, 11) is 1.91. The van der Waals surface area contributed by atoms with Gasteiger partial charge in [-0.15, -0.1) is 0 Å². The molecule has 0 aliphatic carbocycles. The minimum atomic E-state index is 0.452. The van der Waals surface area contributed by atoms with Gasteiger partial charge in [-0.05, 0) is 19.4 Å². The first-order chi connectivity index (χ1) is 7.84. The molecule has 1 aliphatic heterocycles. The maximum Gasteiger partial charge on any atom is 0.161 e. The van der Waals surface area contributed by atoms with Gasteiger partial charge in [0.15, 0.2) is 5.65 Å². The predicted octanol–water partition coefficient (Wildman–Crippen LogP) is 0.830. The number of fused-ring (bicyclic) bond motifs is 1. The summed E-state index contributed by atoms with van der Waals surface area (Å²) in [6.07, 6.45) is 6.06. The number of rotatable bonds is 1. The molecule has 1 aliphatic rings. The van der Waals surface area contributed by atoms with Crippen LogP contribution in [-0.2, 0) is 7.05 Å². The van der Waals surface area contributed by atoms with Gasteiger partial charge in [-0.3, -0.25) is 4.68 Å². The molecule has 1 atom stereocenters. The Morgan fingerprint density at radius 3 is 3.19 bits per heavy atom. The highest BCUT2D eigenvalue weighted by molar-refractivity contribution is 5.73. The Kier molecular flexibility index (Phi) is 2.32. The van der Waals surface area contributed by atoms with Gasteiger partial charge in [0.1, 0.15) is 5.82 Å². The Bertz CT molecular complexity index is 498. The summed E-state index contributed by atoms with van der Waals surface area (Å²) in [6.45, 7) is 2.10. The Balaban J connectivity index is 1.99. The summed E-state index contributed by atoms with van der Waals surface area (Å²) in [5, 5.41) is 8.58. The van der Waals surface area contributed by atoms with Gasteiger partial charge >= 0.3 is 0 Å². The summed E-state index contributed by atoms with van der Waals surface area (Å²) < 4.78 is 1.80. The normalized spacial score (nSPS) is 21.4. The van der Waals surface area contributed by atoms with Crippen molar-refractivity contribution in [3.05, 3.63) is 18.2 Å². The van der Waals surface area contributed by atoms with E-state index in [0.717, 1.165) is 29.9 Å². The van der Waals surface area contributed by atoms with Crippen molar-refractivity contribution in [3.8, 4) is 0 Å². The lowest BCUT2D eigenvalue weighted by Crippen LogP contribution is -2.29. The van der Waals surface area contributed by atoms with Crippen LogP contribution in [0.1, 0.15) is 24.6 Å². The van der Waals surface area contributed by atoms with Crippen LogP contribution in [0.2, 0.25) is 0 Å². The molecule has 1 N–H and O–H groups in total. The zero-order valence-corrected chi connectivity index (χ0v) is 9.35. The summed E-state index contributed by atoms with van der Waals surface area (Å²) in [4.78, 5) is 9.05. The summed E-state index contributed by atoms with van der Waals surface area (Å²) in [6, 6.07) is 0. The molecule has 0 saturated carbocycles. The number of nitrogens with one attached hydrogen (secondary N) is 1. The Morgan fingerprint density at radius 2 is 2.38 bits per heavy atom. The molecule has 16 heavy (non-hydrogen) atoms. The van der Waals surface area contributed by atoms with E-state index in [1.165, 1.54) is 12.8 Å². The molecule has 3 rings (SSSR count). The van der Waals surface area contributed by atoms with E-state index in [4.69, 9.17) is 0 Å². The zero-order valence-electron chi connectivity index (χ0n) is 9.35. The maximum atomic E-state index is 4.61. The third kappa shape index (κ3) is 1.57. The van der Waals surface area contributed by atoms with Crippen LogP contribution in [0.4, 0.5) is 0 Å². The molecule has 5 nitrogen and oxygen atoms in total. The minimum Gasteiger partial charge on any atom is -0.316 e. The molecule has 2 aromatic heterocycles. The molecule has 3 heterocycles. The molecule has 0 amide bonds. The molecular formula is C11H15N5. The van der Waals surface area contributed by atoms with Crippen LogP contribution in [0.3, 0.4) is 0 Å². The van der Waals surface area contributed by atoms with E-state index >= 15 is 0 Å². The highest BCUT2D eigenvalue weighted by Gasteiger charge is 2.18. The monoisotopic (exact) mass is 217 g/mol. The van der Waals surface area contributed by atoms with E-state index in [2.05, 4.69) is 20.4 Å². The van der Waals surface area contributed by atoms with E-state index in [9.17, 15) is 0 Å². The van der Waals surface area contributed by atoms with E-state index in [-0.39, 0.29) is 0 Å². The predicted molar refractivity (Wildman–Crippen MR) is 61.1 cm³/mol. The minimum absolute atomic E-state index is 0.452. The second-order valence-electron chi connectivity index (χ2n) is 4.32. The fraction of sp³-hybridized carbons (Fsp3) is 0.545. The standard InChI is InChI=1S/C11H15N5/c1-16-11-9(7-14-16)6-13-10(15-11)8-3-2-4-12-5-8/h6-8,12H,2-5H2,1H3. The molecule has 0 bridgehead atoms. The second-order valence-corrected chi connectivity index (χ2v) is 4.32. The third-order valence-corrected chi connectivity index (χ3v) is 3.15. The van der Waals surface area contributed by atoms with Gasteiger partial charge in [-0.1, -0.05) is 0 Å². The van der Waals surface area contributed by atoms with Crippen LogP contribution in [-0.4, -0.2) is 32.8 Å². The lowest BCUT2D eigenvalue weighted by atomic mass is 9.99. The van der Waals surface area contributed by atoms with Crippen LogP contribution >= 0.6 is 0 Å². The Labute approximate surface area is 93.9 Å². The lowest BCUT2D eigenvalue weighted by Gasteiger charge is -2.21. The number of nitrogens with zero attached hydrogens (tertiary/aromatic N) is 4. The average molecular weight is 217 g/mol. The van der Waals surface area contributed by atoms with Crippen LogP contribution in [0.5, 0.6) is 0 Å². The van der Waals surface area contributed by atoms with Gasteiger partial charge in [0.05, 0.1) is 11.6 Å².